The molecule has 8 atom stereocenters. The number of ketones is 2. The van der Waals surface area contributed by atoms with Crippen molar-refractivity contribution in [3.63, 3.8) is 0 Å². The van der Waals surface area contributed by atoms with Gasteiger partial charge in [0.15, 0.2) is 24.6 Å². The molecule has 0 radical (unpaired) electrons. The highest BCUT2D eigenvalue weighted by molar-refractivity contribution is 6.31. The summed E-state index contributed by atoms with van der Waals surface area (Å²) in [6.45, 7) is 5.07. The van der Waals surface area contributed by atoms with Gasteiger partial charge in [0.2, 0.25) is 17.6 Å². The molecule has 22 nitrogen and oxygen atoms in total. The van der Waals surface area contributed by atoms with Gasteiger partial charge < -0.3 is 78.2 Å². The fourth-order valence-corrected chi connectivity index (χ4v) is 11.6. The largest absolute Gasteiger partial charge is 0.507 e. The summed E-state index contributed by atoms with van der Waals surface area (Å²) < 4.78 is 58.5. The standard InChI is InChI=1S/C60H68N4O18/c1-35-56-42(63-21-24-79-58(74-3)57(63)82-56)31-47(80-35)81-44-33-60(72,32-40-49(44)55(70)51-50(53(40)68)52(67)39-12-8-14-43(73-2)48(39)54(51)69)59(71)62-20-23-76-26-28-78-30-29-77-27-25-75-22-18-45(65)61-19-17-46(66)64-34-38-11-5-4-9-36(38)15-16-37-10-6-7-13-41(37)64/h4-14,35,42,44,47,56-58,68,70,72H,17-34H2,1-3H3,(H,61,65)(H,62,71)/t35-,42-,44-,47-,56+,57+,58-,60-/m0/s1. The minimum atomic E-state index is -2.25. The lowest BCUT2D eigenvalue weighted by molar-refractivity contribution is -0.256. The summed E-state index contributed by atoms with van der Waals surface area (Å²) in [7, 11) is 2.89. The Labute approximate surface area is 474 Å². The van der Waals surface area contributed by atoms with Crippen molar-refractivity contribution in [2.45, 2.75) is 94.3 Å². The Morgan fingerprint density at radius 1 is 0.768 bits per heavy atom. The van der Waals surface area contributed by atoms with Crippen LogP contribution in [-0.4, -0.2) is 185 Å². The van der Waals surface area contributed by atoms with Crippen LogP contribution in [0.1, 0.15) is 98.4 Å². The number of aliphatic hydroxyl groups is 1. The van der Waals surface area contributed by atoms with Crippen LogP contribution >= 0.6 is 0 Å². The summed E-state index contributed by atoms with van der Waals surface area (Å²) in [4.78, 5) is 72.2. The summed E-state index contributed by atoms with van der Waals surface area (Å²) in [5.74, 6) is 2.50. The van der Waals surface area contributed by atoms with Crippen LogP contribution in [0.5, 0.6) is 17.2 Å². The second-order valence-corrected chi connectivity index (χ2v) is 20.7. The molecule has 436 valence electrons. The SMILES string of the molecule is COc1cccc2c1C(=O)c1c(O)c3c(c(O)c1C2=O)C[C@@](O)(C(=O)NCCOCCOCCOCCOCCC(=O)NCCC(=O)N1Cc2ccccc2C#Cc2ccccc21)C[C@@H]3O[C@H]1C[C@H]2[C@H](O[C@@H]3[C@@H](OC)OCCN32)[C@H](C)O1. The van der Waals surface area contributed by atoms with E-state index in [1.54, 1.807) is 4.90 Å². The second-order valence-electron chi connectivity index (χ2n) is 20.7. The van der Waals surface area contributed by atoms with Crippen LogP contribution in [0.25, 0.3) is 0 Å². The molecule has 10 rings (SSSR count). The lowest BCUT2D eigenvalue weighted by atomic mass is 9.72. The number of para-hydroxylation sites is 1. The van der Waals surface area contributed by atoms with Crippen molar-refractivity contribution in [3.05, 3.63) is 117 Å². The van der Waals surface area contributed by atoms with Gasteiger partial charge in [0.1, 0.15) is 29.0 Å². The molecule has 4 heterocycles. The van der Waals surface area contributed by atoms with Gasteiger partial charge in [0.25, 0.3) is 5.91 Å². The van der Waals surface area contributed by atoms with Gasteiger partial charge in [-0.25, -0.2) is 0 Å². The van der Waals surface area contributed by atoms with Crippen molar-refractivity contribution in [2.24, 2.45) is 0 Å². The van der Waals surface area contributed by atoms with Crippen LogP contribution in [0.2, 0.25) is 0 Å². The Bertz CT molecular complexity index is 3110. The number of phenols is 2. The van der Waals surface area contributed by atoms with Gasteiger partial charge in [-0.2, -0.15) is 0 Å². The van der Waals surface area contributed by atoms with E-state index in [1.807, 2.05) is 55.5 Å². The highest BCUT2D eigenvalue weighted by atomic mass is 16.7. The van der Waals surface area contributed by atoms with Gasteiger partial charge in [0, 0.05) is 92.7 Å². The molecule has 22 heteroatoms. The molecule has 0 unspecified atom stereocenters. The molecule has 4 aromatic rings. The summed E-state index contributed by atoms with van der Waals surface area (Å²) in [5, 5.41) is 41.9. The average molecular weight is 1130 g/mol. The highest BCUT2D eigenvalue weighted by Gasteiger charge is 2.55. The predicted octanol–water partition coefficient (Wildman–Crippen LogP) is 3.18. The number of benzene rings is 4. The number of phenolic OH excluding ortho intramolecular Hbond substituents is 2. The lowest BCUT2D eigenvalue weighted by Crippen LogP contribution is -2.55. The minimum absolute atomic E-state index is 0.0210. The fraction of sp³-hybridized carbons (Fsp3) is 0.483. The number of aromatic hydroxyl groups is 2. The van der Waals surface area contributed by atoms with Crippen LogP contribution in [-0.2, 0) is 70.0 Å². The molecule has 6 aliphatic rings. The van der Waals surface area contributed by atoms with Crippen molar-refractivity contribution in [1.29, 1.82) is 0 Å². The number of morpholine rings is 1. The van der Waals surface area contributed by atoms with E-state index in [0.717, 1.165) is 22.4 Å². The number of methoxy groups -OCH3 is 2. The number of anilines is 1. The molecular formula is C60H68N4O18. The molecule has 0 saturated carbocycles. The third kappa shape index (κ3) is 12.3. The summed E-state index contributed by atoms with van der Waals surface area (Å²) in [5.41, 5.74) is -0.157. The Balaban J connectivity index is 0.650. The van der Waals surface area contributed by atoms with E-state index >= 15 is 0 Å². The number of fused-ring (bicyclic) bond motifs is 8. The zero-order valence-corrected chi connectivity index (χ0v) is 46.0. The van der Waals surface area contributed by atoms with Crippen molar-refractivity contribution in [2.75, 3.05) is 98.2 Å². The van der Waals surface area contributed by atoms with Crippen molar-refractivity contribution < 1.29 is 86.7 Å². The van der Waals surface area contributed by atoms with Gasteiger partial charge in [0.05, 0.1) is 108 Å². The molecule has 2 aliphatic carbocycles. The number of nitrogens with one attached hydrogen (secondary N) is 2. The number of hydrogen-bond acceptors (Lipinski definition) is 19. The van der Waals surface area contributed by atoms with E-state index in [2.05, 4.69) is 27.4 Å². The third-order valence-corrected chi connectivity index (χ3v) is 15.6. The third-order valence-electron chi connectivity index (χ3n) is 15.6. The normalized spacial score (nSPS) is 24.2. The number of rotatable bonds is 23. The summed E-state index contributed by atoms with van der Waals surface area (Å²) >= 11 is 0. The monoisotopic (exact) mass is 1130 g/mol. The summed E-state index contributed by atoms with van der Waals surface area (Å²) in [6.07, 6.45) is -4.79. The maximum absolute atomic E-state index is 14.2. The lowest BCUT2D eigenvalue weighted by Gasteiger charge is -2.43. The Morgan fingerprint density at radius 2 is 1.46 bits per heavy atom. The zero-order chi connectivity index (χ0) is 57.5. The fourth-order valence-electron chi connectivity index (χ4n) is 11.6. The van der Waals surface area contributed by atoms with Gasteiger partial charge in [-0.05, 0) is 36.8 Å². The molecule has 4 aromatic carbocycles. The smallest absolute Gasteiger partial charge is 0.252 e. The van der Waals surface area contributed by atoms with Gasteiger partial charge in [-0.3, -0.25) is 28.9 Å². The maximum Gasteiger partial charge on any atom is 0.252 e. The van der Waals surface area contributed by atoms with Crippen LogP contribution in [0.15, 0.2) is 66.7 Å². The van der Waals surface area contributed by atoms with Crippen LogP contribution in [0.4, 0.5) is 5.69 Å². The van der Waals surface area contributed by atoms with Crippen LogP contribution < -0.4 is 20.3 Å². The quantitative estimate of drug-likeness (QED) is 0.0357. The van der Waals surface area contributed by atoms with E-state index in [9.17, 15) is 39.3 Å². The zero-order valence-electron chi connectivity index (χ0n) is 46.0. The topological polar surface area (TPSA) is 269 Å². The molecule has 82 heavy (non-hydrogen) atoms. The van der Waals surface area contributed by atoms with E-state index in [1.165, 1.54) is 32.4 Å². The van der Waals surface area contributed by atoms with Crippen LogP contribution in [0.3, 0.4) is 0 Å². The molecule has 3 fully saturated rings. The minimum Gasteiger partial charge on any atom is -0.507 e. The first-order chi connectivity index (χ1) is 39.8. The average Bonchev–Trinajstić information content (AvgIpc) is 1.20. The molecule has 0 bridgehead atoms. The van der Waals surface area contributed by atoms with E-state index in [4.69, 9.17) is 47.4 Å². The Hall–Kier alpha value is -6.85. The first-order valence-corrected chi connectivity index (χ1v) is 27.6. The number of carbonyl (C=O) groups is 5. The number of nitrogens with zero attached hydrogens (tertiary/aromatic N) is 2. The van der Waals surface area contributed by atoms with Crippen molar-refractivity contribution in [1.82, 2.24) is 15.5 Å². The second kappa shape index (κ2) is 26.2. The number of carbonyl (C=O) groups excluding carboxylic acids is 5. The molecular weight excluding hydrogens is 1060 g/mol. The summed E-state index contributed by atoms with van der Waals surface area (Å²) in [6, 6.07) is 19.5. The Kier molecular flexibility index (Phi) is 18.6. The highest BCUT2D eigenvalue weighted by Crippen LogP contribution is 2.53. The first kappa shape index (κ1) is 58.4. The molecule has 3 saturated heterocycles. The molecule has 4 aliphatic heterocycles. The van der Waals surface area contributed by atoms with Crippen LogP contribution in [0, 0.1) is 11.8 Å². The first-order valence-electron chi connectivity index (χ1n) is 27.6. The molecule has 5 N–H and O–H groups in total. The number of amides is 3. The molecule has 0 aromatic heterocycles. The Morgan fingerprint density at radius 3 is 2.22 bits per heavy atom. The van der Waals surface area contributed by atoms with Gasteiger partial charge >= 0.3 is 0 Å². The molecule has 0 spiro atoms. The van der Waals surface area contributed by atoms with Gasteiger partial charge in [-0.15, -0.1) is 0 Å². The molecule has 3 amide bonds. The van der Waals surface area contributed by atoms with Gasteiger partial charge in [-0.1, -0.05) is 54.3 Å². The van der Waals surface area contributed by atoms with Crippen molar-refractivity contribution in [3.8, 4) is 29.1 Å². The maximum atomic E-state index is 14.2. The number of hydrogen-bond donors (Lipinski definition) is 5. The van der Waals surface area contributed by atoms with E-state index in [0.29, 0.717) is 19.7 Å². The predicted molar refractivity (Wildman–Crippen MR) is 290 cm³/mol. The number of ether oxygens (including phenoxy) is 10. The van der Waals surface area contributed by atoms with E-state index in [-0.39, 0.29) is 137 Å². The van der Waals surface area contributed by atoms with E-state index < -0.39 is 89.6 Å². The van der Waals surface area contributed by atoms with Crippen molar-refractivity contribution >= 4 is 35.0 Å².